The predicted molar refractivity (Wildman–Crippen MR) is 81.8 cm³/mol. The maximum Gasteiger partial charge on any atom is 0.142 e. The normalized spacial score (nSPS) is 22.9. The third kappa shape index (κ3) is 4.46. The molecule has 3 heteroatoms. The standard InChI is InChI=1S/C17H24ClFO/c1-20-11-3-2-4-13-5-7-14(8-6-13)15-9-10-16(18)17(19)12-15/h9-10,12-14H,2-8,11H2,1H3/t13-,14-. The fraction of sp³-hybridized carbons (Fsp3) is 0.647. The molecule has 0 atom stereocenters. The Kier molecular flexibility index (Phi) is 6.31. The molecule has 0 spiro atoms. The summed E-state index contributed by atoms with van der Waals surface area (Å²) in [5, 5.41) is 0.223. The van der Waals surface area contributed by atoms with Crippen LogP contribution in [0.4, 0.5) is 4.39 Å². The Hall–Kier alpha value is -0.600. The first kappa shape index (κ1) is 15.8. The van der Waals surface area contributed by atoms with Gasteiger partial charge in [0, 0.05) is 13.7 Å². The Bertz CT molecular complexity index is 413. The number of rotatable bonds is 6. The lowest BCUT2D eigenvalue weighted by Gasteiger charge is -2.29. The van der Waals surface area contributed by atoms with Crippen molar-refractivity contribution in [2.75, 3.05) is 13.7 Å². The third-order valence-corrected chi connectivity index (χ3v) is 4.78. The molecular formula is C17H24ClFO. The van der Waals surface area contributed by atoms with Crippen LogP contribution in [-0.4, -0.2) is 13.7 Å². The van der Waals surface area contributed by atoms with Gasteiger partial charge in [0.2, 0.25) is 0 Å². The van der Waals surface area contributed by atoms with Crippen LogP contribution in [0.25, 0.3) is 0 Å². The average molecular weight is 299 g/mol. The van der Waals surface area contributed by atoms with Crippen molar-refractivity contribution in [3.8, 4) is 0 Å². The van der Waals surface area contributed by atoms with E-state index in [9.17, 15) is 4.39 Å². The molecule has 0 amide bonds. The maximum absolute atomic E-state index is 13.5. The molecule has 20 heavy (non-hydrogen) atoms. The number of methoxy groups -OCH3 is 1. The van der Waals surface area contributed by atoms with Crippen molar-refractivity contribution in [2.45, 2.75) is 50.9 Å². The summed E-state index contributed by atoms with van der Waals surface area (Å²) >= 11 is 5.74. The Morgan fingerprint density at radius 2 is 1.95 bits per heavy atom. The fourth-order valence-corrected chi connectivity index (χ4v) is 3.35. The van der Waals surface area contributed by atoms with E-state index in [0.717, 1.165) is 18.1 Å². The van der Waals surface area contributed by atoms with Crippen molar-refractivity contribution in [1.82, 2.24) is 0 Å². The molecule has 2 rings (SSSR count). The van der Waals surface area contributed by atoms with Gasteiger partial charge < -0.3 is 4.74 Å². The molecule has 0 heterocycles. The molecular weight excluding hydrogens is 275 g/mol. The van der Waals surface area contributed by atoms with E-state index in [1.165, 1.54) is 44.9 Å². The van der Waals surface area contributed by atoms with Crippen LogP contribution < -0.4 is 0 Å². The Morgan fingerprint density at radius 3 is 2.60 bits per heavy atom. The second-order valence-electron chi connectivity index (χ2n) is 5.88. The van der Waals surface area contributed by atoms with E-state index in [2.05, 4.69) is 0 Å². The first-order valence-corrected chi connectivity index (χ1v) is 8.02. The topological polar surface area (TPSA) is 9.23 Å². The van der Waals surface area contributed by atoms with E-state index >= 15 is 0 Å². The summed E-state index contributed by atoms with van der Waals surface area (Å²) in [4.78, 5) is 0. The predicted octanol–water partition coefficient (Wildman–Crippen LogP) is 5.57. The van der Waals surface area contributed by atoms with Crippen LogP contribution in [0.1, 0.15) is 56.4 Å². The zero-order valence-corrected chi connectivity index (χ0v) is 13.0. The highest BCUT2D eigenvalue weighted by Crippen LogP contribution is 2.38. The molecule has 112 valence electrons. The van der Waals surface area contributed by atoms with Crippen LogP contribution in [0.15, 0.2) is 18.2 Å². The smallest absolute Gasteiger partial charge is 0.142 e. The van der Waals surface area contributed by atoms with Crippen molar-refractivity contribution in [3.63, 3.8) is 0 Å². The van der Waals surface area contributed by atoms with Gasteiger partial charge in [-0.2, -0.15) is 0 Å². The van der Waals surface area contributed by atoms with Crippen LogP contribution in [0.3, 0.4) is 0 Å². The second kappa shape index (κ2) is 7.99. The SMILES string of the molecule is COCCCC[C@H]1CC[C@H](c2ccc(Cl)c(F)c2)CC1. The van der Waals surface area contributed by atoms with Crippen molar-refractivity contribution in [3.05, 3.63) is 34.6 Å². The van der Waals surface area contributed by atoms with Crippen LogP contribution >= 0.6 is 11.6 Å². The van der Waals surface area contributed by atoms with E-state index in [1.807, 2.05) is 6.07 Å². The first-order chi connectivity index (χ1) is 9.70. The molecule has 0 N–H and O–H groups in total. The molecule has 1 aromatic carbocycles. The minimum absolute atomic E-state index is 0.223. The summed E-state index contributed by atoms with van der Waals surface area (Å²) in [5.41, 5.74) is 1.12. The highest BCUT2D eigenvalue weighted by Gasteiger charge is 2.22. The molecule has 0 radical (unpaired) electrons. The van der Waals surface area contributed by atoms with Gasteiger partial charge in [-0.3, -0.25) is 0 Å². The number of hydrogen-bond acceptors (Lipinski definition) is 1. The summed E-state index contributed by atoms with van der Waals surface area (Å²) < 4.78 is 18.6. The summed E-state index contributed by atoms with van der Waals surface area (Å²) in [6, 6.07) is 5.28. The van der Waals surface area contributed by atoms with Crippen LogP contribution in [0.2, 0.25) is 5.02 Å². The molecule has 0 saturated heterocycles. The van der Waals surface area contributed by atoms with Gasteiger partial charge in [-0.25, -0.2) is 4.39 Å². The number of benzene rings is 1. The Balaban J connectivity index is 1.77. The number of unbranched alkanes of at least 4 members (excludes halogenated alkanes) is 1. The minimum atomic E-state index is -0.286. The first-order valence-electron chi connectivity index (χ1n) is 7.64. The van der Waals surface area contributed by atoms with Crippen LogP contribution in [-0.2, 0) is 4.74 Å². The number of hydrogen-bond donors (Lipinski definition) is 0. The van der Waals surface area contributed by atoms with Gasteiger partial charge in [-0.1, -0.05) is 30.5 Å². The highest BCUT2D eigenvalue weighted by atomic mass is 35.5. The summed E-state index contributed by atoms with van der Waals surface area (Å²) in [7, 11) is 1.76. The van der Waals surface area contributed by atoms with Gasteiger partial charge in [-0.15, -0.1) is 0 Å². The van der Waals surface area contributed by atoms with E-state index in [0.29, 0.717) is 5.92 Å². The second-order valence-corrected chi connectivity index (χ2v) is 6.29. The zero-order valence-electron chi connectivity index (χ0n) is 12.2. The molecule has 1 aliphatic carbocycles. The van der Waals surface area contributed by atoms with Gasteiger partial charge in [0.1, 0.15) is 5.82 Å². The Labute approximate surface area is 126 Å². The van der Waals surface area contributed by atoms with E-state index in [-0.39, 0.29) is 10.8 Å². The molecule has 1 saturated carbocycles. The monoisotopic (exact) mass is 298 g/mol. The number of halogens is 2. The summed E-state index contributed by atoms with van der Waals surface area (Å²) in [6.45, 7) is 0.874. The maximum atomic E-state index is 13.5. The Morgan fingerprint density at radius 1 is 1.20 bits per heavy atom. The van der Waals surface area contributed by atoms with Gasteiger partial charge >= 0.3 is 0 Å². The molecule has 1 aliphatic rings. The summed E-state index contributed by atoms with van der Waals surface area (Å²) in [6.07, 6.45) is 8.62. The fourth-order valence-electron chi connectivity index (χ4n) is 3.23. The zero-order chi connectivity index (χ0) is 14.4. The number of ether oxygens (including phenoxy) is 1. The van der Waals surface area contributed by atoms with Crippen molar-refractivity contribution < 1.29 is 9.13 Å². The van der Waals surface area contributed by atoms with Crippen molar-refractivity contribution >= 4 is 11.6 Å². The molecule has 1 nitrogen and oxygen atoms in total. The lowest BCUT2D eigenvalue weighted by Crippen LogP contribution is -2.13. The molecule has 0 unspecified atom stereocenters. The largest absolute Gasteiger partial charge is 0.385 e. The van der Waals surface area contributed by atoms with E-state index < -0.39 is 0 Å². The van der Waals surface area contributed by atoms with Gasteiger partial charge in [0.25, 0.3) is 0 Å². The van der Waals surface area contributed by atoms with Crippen LogP contribution in [0, 0.1) is 11.7 Å². The van der Waals surface area contributed by atoms with E-state index in [1.54, 1.807) is 19.2 Å². The van der Waals surface area contributed by atoms with Crippen molar-refractivity contribution in [1.29, 1.82) is 0 Å². The van der Waals surface area contributed by atoms with Gasteiger partial charge in [-0.05, 0) is 61.6 Å². The van der Waals surface area contributed by atoms with E-state index in [4.69, 9.17) is 16.3 Å². The quantitative estimate of drug-likeness (QED) is 0.624. The molecule has 0 bridgehead atoms. The summed E-state index contributed by atoms with van der Waals surface area (Å²) in [5.74, 6) is 1.07. The molecule has 1 fully saturated rings. The van der Waals surface area contributed by atoms with Gasteiger partial charge in [0.05, 0.1) is 5.02 Å². The van der Waals surface area contributed by atoms with Gasteiger partial charge in [0.15, 0.2) is 0 Å². The molecule has 1 aromatic rings. The lowest BCUT2D eigenvalue weighted by molar-refractivity contribution is 0.187. The minimum Gasteiger partial charge on any atom is -0.385 e. The van der Waals surface area contributed by atoms with Crippen molar-refractivity contribution in [2.24, 2.45) is 5.92 Å². The molecule has 0 aromatic heterocycles. The third-order valence-electron chi connectivity index (χ3n) is 4.47. The average Bonchev–Trinajstić information content (AvgIpc) is 2.47. The lowest BCUT2D eigenvalue weighted by atomic mass is 9.77. The van der Waals surface area contributed by atoms with Crippen LogP contribution in [0.5, 0.6) is 0 Å². The highest BCUT2D eigenvalue weighted by molar-refractivity contribution is 6.30. The molecule has 0 aliphatic heterocycles.